The van der Waals surface area contributed by atoms with Gasteiger partial charge in [-0.05, 0) is 30.4 Å². The first-order valence-corrected chi connectivity index (χ1v) is 11.4. The number of hydrogen-bond acceptors (Lipinski definition) is 8. The maximum atomic E-state index is 12.5. The summed E-state index contributed by atoms with van der Waals surface area (Å²) in [6.07, 6.45) is 4.99. The summed E-state index contributed by atoms with van der Waals surface area (Å²) in [6.45, 7) is 3.54. The van der Waals surface area contributed by atoms with Crippen LogP contribution in [-0.2, 0) is 4.79 Å². The van der Waals surface area contributed by atoms with Crippen molar-refractivity contribution in [2.75, 3.05) is 23.3 Å². The lowest BCUT2D eigenvalue weighted by Crippen LogP contribution is -2.40. The number of fused-ring (bicyclic) bond motifs is 1. The molecule has 1 fully saturated rings. The Morgan fingerprint density at radius 3 is 2.57 bits per heavy atom. The van der Waals surface area contributed by atoms with Crippen LogP contribution >= 0.6 is 0 Å². The third-order valence-corrected chi connectivity index (χ3v) is 6.43. The predicted octanol–water partition coefficient (Wildman–Crippen LogP) is 3.60. The number of carboxylic acid groups (broad SMARTS) is 1. The highest BCUT2D eigenvalue weighted by Gasteiger charge is 2.32. The molecule has 35 heavy (non-hydrogen) atoms. The molecule has 3 N–H and O–H groups in total. The molecule has 178 valence electrons. The van der Waals surface area contributed by atoms with Crippen molar-refractivity contribution in [1.29, 1.82) is 0 Å². The minimum absolute atomic E-state index is 0.184. The number of carbonyl (C=O) groups is 1. The lowest BCUT2D eigenvalue weighted by Gasteiger charge is -2.39. The zero-order chi connectivity index (χ0) is 24.4. The van der Waals surface area contributed by atoms with Crippen molar-refractivity contribution in [3.05, 3.63) is 65.2 Å². The standard InChI is InChI=1S/C25H25N7O3/c1-25(13-20(33)34)9-11-32(12-10-25)19-8-7-17(14-26-19)28-23-21-18(15-27-31-24(21)35)29-22(30-23)16-5-3-2-4-6-16/h2-8,14-15H,9-13H2,1H3,(H,31,35)(H,33,34)(H,28,29,30). The van der Waals surface area contributed by atoms with Crippen molar-refractivity contribution in [2.45, 2.75) is 26.2 Å². The molecule has 0 radical (unpaired) electrons. The second-order valence-electron chi connectivity index (χ2n) is 9.12. The summed E-state index contributed by atoms with van der Waals surface area (Å²) in [5.74, 6) is 0.925. The first-order valence-electron chi connectivity index (χ1n) is 11.4. The average Bonchev–Trinajstić information content (AvgIpc) is 2.85. The summed E-state index contributed by atoms with van der Waals surface area (Å²) in [5.41, 5.74) is 1.37. The van der Waals surface area contributed by atoms with Gasteiger partial charge >= 0.3 is 5.97 Å². The van der Waals surface area contributed by atoms with Crippen LogP contribution in [0.5, 0.6) is 0 Å². The van der Waals surface area contributed by atoms with Gasteiger partial charge in [-0.3, -0.25) is 9.59 Å². The lowest BCUT2D eigenvalue weighted by molar-refractivity contribution is -0.139. The van der Waals surface area contributed by atoms with Crippen molar-refractivity contribution >= 4 is 34.2 Å². The molecule has 0 unspecified atom stereocenters. The van der Waals surface area contributed by atoms with Gasteiger partial charge in [0.15, 0.2) is 5.82 Å². The van der Waals surface area contributed by atoms with Crippen molar-refractivity contribution in [3.8, 4) is 11.4 Å². The van der Waals surface area contributed by atoms with Gasteiger partial charge in [0, 0.05) is 18.7 Å². The first-order chi connectivity index (χ1) is 16.9. The van der Waals surface area contributed by atoms with Crippen molar-refractivity contribution in [2.24, 2.45) is 5.41 Å². The fraction of sp³-hybridized carbons (Fsp3) is 0.280. The van der Waals surface area contributed by atoms with E-state index in [-0.39, 0.29) is 17.4 Å². The molecule has 0 bridgehead atoms. The van der Waals surface area contributed by atoms with E-state index in [1.165, 1.54) is 6.20 Å². The maximum Gasteiger partial charge on any atom is 0.303 e. The molecule has 1 aromatic carbocycles. The molecule has 1 aliphatic rings. The number of rotatable bonds is 6. The molecule has 0 saturated carbocycles. The second-order valence-corrected chi connectivity index (χ2v) is 9.12. The fourth-order valence-electron chi connectivity index (χ4n) is 4.41. The van der Waals surface area contributed by atoms with Crippen LogP contribution in [0.4, 0.5) is 17.3 Å². The van der Waals surface area contributed by atoms with E-state index in [0.717, 1.165) is 37.3 Å². The van der Waals surface area contributed by atoms with Crippen molar-refractivity contribution < 1.29 is 9.90 Å². The van der Waals surface area contributed by atoms with Crippen LogP contribution in [-0.4, -0.2) is 49.3 Å². The van der Waals surface area contributed by atoms with Crippen LogP contribution < -0.4 is 15.8 Å². The number of hydrogen-bond donors (Lipinski definition) is 3. The highest BCUT2D eigenvalue weighted by molar-refractivity contribution is 5.90. The number of aliphatic carboxylic acids is 1. The van der Waals surface area contributed by atoms with Gasteiger partial charge in [-0.25, -0.2) is 20.1 Å². The van der Waals surface area contributed by atoms with Crippen LogP contribution in [0.3, 0.4) is 0 Å². The zero-order valence-corrected chi connectivity index (χ0v) is 19.2. The topological polar surface area (TPSA) is 137 Å². The summed E-state index contributed by atoms with van der Waals surface area (Å²) >= 11 is 0. The minimum atomic E-state index is -0.753. The van der Waals surface area contributed by atoms with Gasteiger partial charge < -0.3 is 15.3 Å². The van der Waals surface area contributed by atoms with Crippen LogP contribution in [0.15, 0.2) is 59.7 Å². The van der Waals surface area contributed by atoms with Crippen molar-refractivity contribution in [3.63, 3.8) is 0 Å². The maximum absolute atomic E-state index is 12.5. The number of aromatic nitrogens is 5. The monoisotopic (exact) mass is 471 g/mol. The number of carboxylic acids is 1. The largest absolute Gasteiger partial charge is 0.481 e. The SMILES string of the molecule is CC1(CC(=O)O)CCN(c2ccc(Nc3nc(-c4ccccc4)nc4cn[nH]c(=O)c34)cn2)CC1. The van der Waals surface area contributed by atoms with E-state index in [9.17, 15) is 9.59 Å². The Balaban J connectivity index is 1.39. The quantitative estimate of drug-likeness (QED) is 0.385. The van der Waals surface area contributed by atoms with E-state index in [1.54, 1.807) is 6.20 Å². The van der Waals surface area contributed by atoms with Crippen LogP contribution in [0, 0.1) is 5.41 Å². The smallest absolute Gasteiger partial charge is 0.303 e. The van der Waals surface area contributed by atoms with E-state index in [4.69, 9.17) is 5.11 Å². The molecular weight excluding hydrogens is 446 g/mol. The first kappa shape index (κ1) is 22.5. The average molecular weight is 472 g/mol. The molecule has 0 spiro atoms. The Kier molecular flexibility index (Phi) is 5.86. The third kappa shape index (κ3) is 4.81. The molecule has 0 amide bonds. The van der Waals surface area contributed by atoms with E-state index < -0.39 is 5.97 Å². The van der Waals surface area contributed by atoms with E-state index in [0.29, 0.717) is 28.2 Å². The van der Waals surface area contributed by atoms with Gasteiger partial charge in [-0.2, -0.15) is 5.10 Å². The van der Waals surface area contributed by atoms with Gasteiger partial charge in [-0.15, -0.1) is 0 Å². The zero-order valence-electron chi connectivity index (χ0n) is 19.2. The van der Waals surface area contributed by atoms with E-state index in [1.807, 2.05) is 49.4 Å². The van der Waals surface area contributed by atoms with Crippen LogP contribution in [0.25, 0.3) is 22.3 Å². The van der Waals surface area contributed by atoms with Crippen LogP contribution in [0.1, 0.15) is 26.2 Å². The number of piperidine rings is 1. The number of aromatic amines is 1. The Hall–Kier alpha value is -4.34. The normalized spacial score (nSPS) is 15.2. The van der Waals surface area contributed by atoms with Gasteiger partial charge in [0.1, 0.15) is 22.5 Å². The third-order valence-electron chi connectivity index (χ3n) is 6.43. The summed E-state index contributed by atoms with van der Waals surface area (Å²) < 4.78 is 0. The Morgan fingerprint density at radius 1 is 1.11 bits per heavy atom. The molecule has 10 nitrogen and oxygen atoms in total. The number of pyridine rings is 1. The molecule has 4 aromatic rings. The molecule has 4 heterocycles. The van der Waals surface area contributed by atoms with Gasteiger partial charge in [0.25, 0.3) is 5.56 Å². The van der Waals surface area contributed by atoms with Gasteiger partial charge in [0.05, 0.1) is 24.5 Å². The Bertz CT molecular complexity index is 1410. The number of benzene rings is 1. The fourth-order valence-corrected chi connectivity index (χ4v) is 4.41. The molecule has 1 aliphatic heterocycles. The number of nitrogens with one attached hydrogen (secondary N) is 2. The number of nitrogens with zero attached hydrogens (tertiary/aromatic N) is 5. The highest BCUT2D eigenvalue weighted by atomic mass is 16.4. The van der Waals surface area contributed by atoms with E-state index >= 15 is 0 Å². The number of anilines is 3. The Morgan fingerprint density at radius 2 is 1.89 bits per heavy atom. The predicted molar refractivity (Wildman–Crippen MR) is 133 cm³/mol. The summed E-state index contributed by atoms with van der Waals surface area (Å²) in [4.78, 5) is 39.6. The van der Waals surface area contributed by atoms with Gasteiger partial charge in [0.2, 0.25) is 0 Å². The van der Waals surface area contributed by atoms with E-state index in [2.05, 4.69) is 35.4 Å². The summed E-state index contributed by atoms with van der Waals surface area (Å²) in [7, 11) is 0. The Labute approximate surface area is 201 Å². The molecule has 10 heteroatoms. The summed E-state index contributed by atoms with van der Waals surface area (Å²) in [5, 5.41) is 19.0. The molecular formula is C25H25N7O3. The molecule has 3 aromatic heterocycles. The molecule has 0 atom stereocenters. The molecule has 1 saturated heterocycles. The van der Waals surface area contributed by atoms with Crippen LogP contribution in [0.2, 0.25) is 0 Å². The lowest BCUT2D eigenvalue weighted by atomic mass is 9.77. The minimum Gasteiger partial charge on any atom is -0.481 e. The number of H-pyrrole nitrogens is 1. The summed E-state index contributed by atoms with van der Waals surface area (Å²) in [6, 6.07) is 13.3. The highest BCUT2D eigenvalue weighted by Crippen LogP contribution is 2.35. The molecule has 0 aliphatic carbocycles. The second kappa shape index (κ2) is 9.13. The molecule has 5 rings (SSSR count). The van der Waals surface area contributed by atoms with Crippen molar-refractivity contribution in [1.82, 2.24) is 25.1 Å². The van der Waals surface area contributed by atoms with Gasteiger partial charge in [-0.1, -0.05) is 37.3 Å².